The smallest absolute Gasteiger partial charge is 0.335 e. The van der Waals surface area contributed by atoms with Gasteiger partial charge in [-0.25, -0.2) is 13.6 Å². The van der Waals surface area contributed by atoms with E-state index in [0.29, 0.717) is 6.54 Å². The number of para-hydroxylation sites is 1. The van der Waals surface area contributed by atoms with Crippen LogP contribution in [0.5, 0.6) is 5.75 Å². The van der Waals surface area contributed by atoms with Gasteiger partial charge in [-0.1, -0.05) is 30.3 Å². The minimum absolute atomic E-state index is 0.0115. The molecule has 7 nitrogen and oxygen atoms in total. The molecule has 36 heavy (non-hydrogen) atoms. The summed E-state index contributed by atoms with van der Waals surface area (Å²) in [5.74, 6) is -2.62. The number of hydrogen-bond donors (Lipinski definition) is 3. The Balaban J connectivity index is 1.57. The number of carbonyl (C=O) groups is 2. The second-order valence-corrected chi connectivity index (χ2v) is 8.81. The molecule has 0 radical (unpaired) electrons. The monoisotopic (exact) mass is 496 g/mol. The Hall–Kier alpha value is -3.82. The van der Waals surface area contributed by atoms with E-state index in [4.69, 9.17) is 4.74 Å². The fourth-order valence-corrected chi connectivity index (χ4v) is 4.55. The van der Waals surface area contributed by atoms with Gasteiger partial charge in [-0.2, -0.15) is 0 Å². The fraction of sp³-hybridized carbons (Fsp3) is 0.259. The molecular formula is C27H26F2N2O5. The van der Waals surface area contributed by atoms with Crippen molar-refractivity contribution >= 4 is 11.9 Å². The number of carbonyl (C=O) groups excluding carboxylic acids is 1. The van der Waals surface area contributed by atoms with Crippen LogP contribution in [0.4, 0.5) is 8.78 Å². The number of hydrogen-bond acceptors (Lipinski definition) is 5. The number of halogens is 2. The normalized spacial score (nSPS) is 21.4. The molecule has 1 aliphatic carbocycles. The van der Waals surface area contributed by atoms with E-state index in [-0.39, 0.29) is 29.1 Å². The summed E-state index contributed by atoms with van der Waals surface area (Å²) in [7, 11) is 1.76. The van der Waals surface area contributed by atoms with Crippen LogP contribution in [0.2, 0.25) is 0 Å². The van der Waals surface area contributed by atoms with Crippen molar-refractivity contribution < 1.29 is 33.3 Å². The van der Waals surface area contributed by atoms with Crippen LogP contribution in [-0.4, -0.2) is 58.3 Å². The number of likely N-dealkylation sites (N-methyl/N-ethyl adjacent to an activating group) is 1. The van der Waals surface area contributed by atoms with E-state index < -0.39 is 42.0 Å². The zero-order valence-electron chi connectivity index (χ0n) is 19.5. The third kappa shape index (κ3) is 5.69. The van der Waals surface area contributed by atoms with Crippen molar-refractivity contribution in [2.45, 2.75) is 37.3 Å². The molecule has 1 aliphatic rings. The van der Waals surface area contributed by atoms with Gasteiger partial charge in [0.05, 0.1) is 17.6 Å². The van der Waals surface area contributed by atoms with Gasteiger partial charge < -0.3 is 20.3 Å². The number of aromatic carboxylic acids is 1. The second-order valence-electron chi connectivity index (χ2n) is 8.81. The first-order valence-corrected chi connectivity index (χ1v) is 11.4. The highest BCUT2D eigenvalue weighted by Gasteiger charge is 2.46. The van der Waals surface area contributed by atoms with Gasteiger partial charge in [-0.05, 0) is 55.1 Å². The van der Waals surface area contributed by atoms with E-state index in [2.05, 4.69) is 5.32 Å². The number of carboxylic acid groups (broad SMARTS) is 1. The molecule has 9 heteroatoms. The number of nitrogens with one attached hydrogen (secondary N) is 1. The maximum absolute atomic E-state index is 14.2. The van der Waals surface area contributed by atoms with Crippen molar-refractivity contribution in [2.75, 3.05) is 7.05 Å². The zero-order valence-corrected chi connectivity index (χ0v) is 19.5. The van der Waals surface area contributed by atoms with Crippen LogP contribution in [0.15, 0.2) is 72.8 Å². The van der Waals surface area contributed by atoms with Crippen molar-refractivity contribution in [3.63, 3.8) is 0 Å². The fourth-order valence-electron chi connectivity index (χ4n) is 4.55. The van der Waals surface area contributed by atoms with Gasteiger partial charge in [0, 0.05) is 18.5 Å². The second kappa shape index (κ2) is 10.8. The summed E-state index contributed by atoms with van der Waals surface area (Å²) in [6.07, 6.45) is -1.73. The highest BCUT2D eigenvalue weighted by Crippen LogP contribution is 2.31. The first kappa shape index (κ1) is 25.3. The van der Waals surface area contributed by atoms with Crippen LogP contribution in [-0.2, 0) is 6.54 Å². The Bertz CT molecular complexity index is 1240. The average Bonchev–Trinajstić information content (AvgIpc) is 3.16. The molecule has 0 bridgehead atoms. The average molecular weight is 497 g/mol. The standard InChI is InChI=1S/C27H26F2N2O5/c1-31(15-16-9-11-19(28)12-10-16)24-21(30-26(33)17-5-4-6-18(13-17)27(34)35)14-23(25(24)32)36-22-8-3-2-7-20(22)29/h2-13,21,23-25,32H,14-15H2,1H3,(H,30,33)(H,34,35)/t21-,23-,24+,25+/m1/s1. The molecule has 0 aliphatic heterocycles. The number of rotatable bonds is 8. The molecule has 0 aromatic heterocycles. The lowest BCUT2D eigenvalue weighted by Gasteiger charge is -2.32. The van der Waals surface area contributed by atoms with E-state index >= 15 is 0 Å². The first-order valence-electron chi connectivity index (χ1n) is 11.4. The Labute approximate surface area is 206 Å². The number of amides is 1. The first-order chi connectivity index (χ1) is 17.2. The number of benzene rings is 3. The van der Waals surface area contributed by atoms with Crippen LogP contribution in [0.3, 0.4) is 0 Å². The van der Waals surface area contributed by atoms with Crippen LogP contribution in [0, 0.1) is 11.6 Å². The van der Waals surface area contributed by atoms with Gasteiger partial charge in [0.2, 0.25) is 0 Å². The predicted octanol–water partition coefficient (Wildman–Crippen LogP) is 3.47. The van der Waals surface area contributed by atoms with Crippen LogP contribution in [0.1, 0.15) is 32.7 Å². The Kier molecular flexibility index (Phi) is 7.61. The molecular weight excluding hydrogens is 470 g/mol. The van der Waals surface area contributed by atoms with E-state index in [0.717, 1.165) is 5.56 Å². The van der Waals surface area contributed by atoms with Gasteiger partial charge in [0.1, 0.15) is 18.0 Å². The molecule has 3 aromatic carbocycles. The van der Waals surface area contributed by atoms with E-state index in [1.165, 1.54) is 54.6 Å². The predicted molar refractivity (Wildman–Crippen MR) is 128 cm³/mol. The molecule has 3 N–H and O–H groups in total. The topological polar surface area (TPSA) is 99.1 Å². The molecule has 188 valence electrons. The van der Waals surface area contributed by atoms with Crippen LogP contribution >= 0.6 is 0 Å². The lowest BCUT2D eigenvalue weighted by atomic mass is 10.1. The lowest BCUT2D eigenvalue weighted by molar-refractivity contribution is 0.0112. The molecule has 0 unspecified atom stereocenters. The summed E-state index contributed by atoms with van der Waals surface area (Å²) >= 11 is 0. The number of ether oxygens (including phenoxy) is 1. The molecule has 0 heterocycles. The molecule has 1 saturated carbocycles. The molecule has 0 spiro atoms. The maximum Gasteiger partial charge on any atom is 0.335 e. The quantitative estimate of drug-likeness (QED) is 0.442. The molecule has 4 atom stereocenters. The van der Waals surface area contributed by atoms with E-state index in [1.54, 1.807) is 25.2 Å². The van der Waals surface area contributed by atoms with Gasteiger partial charge in [-0.3, -0.25) is 9.69 Å². The maximum atomic E-state index is 14.2. The van der Waals surface area contributed by atoms with Crippen LogP contribution in [0.25, 0.3) is 0 Å². The van der Waals surface area contributed by atoms with Gasteiger partial charge >= 0.3 is 5.97 Å². The largest absolute Gasteiger partial charge is 0.485 e. The molecule has 1 amide bonds. The number of aliphatic hydroxyl groups is 1. The SMILES string of the molecule is CN(Cc1ccc(F)cc1)[C@@H]1[C@@H](O)[C@H](Oc2ccccc2F)C[C@H]1NC(=O)c1cccc(C(=O)O)c1. The number of nitrogens with zero attached hydrogens (tertiary/aromatic N) is 1. The summed E-state index contributed by atoms with van der Waals surface area (Å²) in [6, 6.07) is 16.2. The lowest BCUT2D eigenvalue weighted by Crippen LogP contribution is -2.51. The van der Waals surface area contributed by atoms with E-state index in [9.17, 15) is 28.6 Å². The zero-order chi connectivity index (χ0) is 25.8. The van der Waals surface area contributed by atoms with Crippen LogP contribution < -0.4 is 10.1 Å². The Morgan fingerprint density at radius 2 is 1.72 bits per heavy atom. The van der Waals surface area contributed by atoms with E-state index in [1.807, 2.05) is 4.90 Å². The Morgan fingerprint density at radius 3 is 2.42 bits per heavy atom. The summed E-state index contributed by atoms with van der Waals surface area (Å²) < 4.78 is 33.4. The van der Waals surface area contributed by atoms with Crippen molar-refractivity contribution in [2.24, 2.45) is 0 Å². The number of aliphatic hydroxyl groups excluding tert-OH is 1. The summed E-state index contributed by atoms with van der Waals surface area (Å²) in [5, 5.41) is 23.3. The highest BCUT2D eigenvalue weighted by atomic mass is 19.1. The van der Waals surface area contributed by atoms with Crippen molar-refractivity contribution in [3.8, 4) is 5.75 Å². The highest BCUT2D eigenvalue weighted by molar-refractivity contribution is 5.97. The van der Waals surface area contributed by atoms with Gasteiger partial charge in [0.25, 0.3) is 5.91 Å². The molecule has 0 saturated heterocycles. The molecule has 3 aromatic rings. The summed E-state index contributed by atoms with van der Waals surface area (Å²) in [5.41, 5.74) is 0.923. The third-order valence-electron chi connectivity index (χ3n) is 6.29. The summed E-state index contributed by atoms with van der Waals surface area (Å²) in [4.78, 5) is 26.1. The minimum Gasteiger partial charge on any atom is -0.485 e. The molecule has 4 rings (SSSR count). The van der Waals surface area contributed by atoms with Crippen molar-refractivity contribution in [1.82, 2.24) is 10.2 Å². The Morgan fingerprint density at radius 1 is 1.03 bits per heavy atom. The molecule has 1 fully saturated rings. The minimum atomic E-state index is -1.16. The van der Waals surface area contributed by atoms with Crippen molar-refractivity contribution in [3.05, 3.63) is 101 Å². The number of carboxylic acids is 1. The van der Waals surface area contributed by atoms with Crippen molar-refractivity contribution in [1.29, 1.82) is 0 Å². The van der Waals surface area contributed by atoms with Gasteiger partial charge in [-0.15, -0.1) is 0 Å². The third-order valence-corrected chi connectivity index (χ3v) is 6.29. The summed E-state index contributed by atoms with van der Waals surface area (Å²) in [6.45, 7) is 0.343. The van der Waals surface area contributed by atoms with Gasteiger partial charge in [0.15, 0.2) is 11.6 Å².